The lowest BCUT2D eigenvalue weighted by molar-refractivity contribution is 0.269. The highest BCUT2D eigenvalue weighted by molar-refractivity contribution is 5.76. The molecule has 2 aromatic carbocycles. The van der Waals surface area contributed by atoms with E-state index in [1.807, 2.05) is 0 Å². The van der Waals surface area contributed by atoms with E-state index in [0.29, 0.717) is 12.6 Å². The molecule has 0 heterocycles. The average molecular weight is 266 g/mol. The van der Waals surface area contributed by atoms with Crippen LogP contribution in [0.5, 0.6) is 0 Å². The van der Waals surface area contributed by atoms with Gasteiger partial charge in [0.25, 0.3) is 0 Å². The first kappa shape index (κ1) is 13.3. The van der Waals surface area contributed by atoms with E-state index >= 15 is 0 Å². The normalized spacial score (nSPS) is 14.2. The van der Waals surface area contributed by atoms with E-state index in [1.165, 1.54) is 27.8 Å². The summed E-state index contributed by atoms with van der Waals surface area (Å²) in [6.45, 7) is 3.88. The molecule has 0 amide bonds. The van der Waals surface area contributed by atoms with Crippen LogP contribution in [0.15, 0.2) is 42.5 Å². The first-order chi connectivity index (χ1) is 9.70. The van der Waals surface area contributed by atoms with Crippen LogP contribution < -0.4 is 5.73 Å². The number of hydrogen-bond donors (Lipinski definition) is 1. The molecule has 0 bridgehead atoms. The molecule has 0 aliphatic heterocycles. The van der Waals surface area contributed by atoms with Crippen LogP contribution in [0.2, 0.25) is 0 Å². The molecule has 104 valence electrons. The number of hydrogen-bond acceptors (Lipinski definition) is 2. The van der Waals surface area contributed by atoms with Gasteiger partial charge in [0.1, 0.15) is 0 Å². The lowest BCUT2D eigenvalue weighted by Gasteiger charge is -2.25. The summed E-state index contributed by atoms with van der Waals surface area (Å²) in [5.74, 6) is 0. The second-order valence-electron chi connectivity index (χ2n) is 5.70. The summed E-state index contributed by atoms with van der Waals surface area (Å²) in [6.07, 6.45) is 1.06. The van der Waals surface area contributed by atoms with Gasteiger partial charge in [-0.2, -0.15) is 0 Å². The minimum Gasteiger partial charge on any atom is -0.329 e. The van der Waals surface area contributed by atoms with E-state index in [4.69, 9.17) is 5.73 Å². The van der Waals surface area contributed by atoms with Gasteiger partial charge in [0.15, 0.2) is 0 Å². The molecule has 0 saturated carbocycles. The Morgan fingerprint density at radius 3 is 2.65 bits per heavy atom. The van der Waals surface area contributed by atoms with Gasteiger partial charge in [-0.1, -0.05) is 42.5 Å². The van der Waals surface area contributed by atoms with Gasteiger partial charge in [0, 0.05) is 19.1 Å². The third kappa shape index (κ3) is 2.26. The quantitative estimate of drug-likeness (QED) is 0.785. The predicted molar refractivity (Wildman–Crippen MR) is 84.8 cm³/mol. The molecule has 0 radical (unpaired) electrons. The van der Waals surface area contributed by atoms with Crippen molar-refractivity contribution in [3.05, 3.63) is 59.2 Å². The number of nitrogens with two attached hydrogens (primary N) is 1. The van der Waals surface area contributed by atoms with E-state index in [2.05, 4.69) is 61.3 Å². The Morgan fingerprint density at radius 2 is 1.85 bits per heavy atom. The lowest BCUT2D eigenvalue weighted by Crippen LogP contribution is -2.28. The maximum Gasteiger partial charge on any atom is 0.0317 e. The molecule has 20 heavy (non-hydrogen) atoms. The van der Waals surface area contributed by atoms with Crippen molar-refractivity contribution in [2.45, 2.75) is 19.4 Å². The molecule has 2 aromatic rings. The summed E-state index contributed by atoms with van der Waals surface area (Å²) < 4.78 is 0. The summed E-state index contributed by atoms with van der Waals surface area (Å²) in [4.78, 5) is 2.31. The van der Waals surface area contributed by atoms with Crippen molar-refractivity contribution in [2.24, 2.45) is 5.73 Å². The zero-order valence-corrected chi connectivity index (χ0v) is 12.3. The van der Waals surface area contributed by atoms with Crippen molar-refractivity contribution < 1.29 is 0 Å². The third-order valence-corrected chi connectivity index (χ3v) is 4.44. The topological polar surface area (TPSA) is 29.3 Å². The minimum absolute atomic E-state index is 0.410. The number of nitrogens with zero attached hydrogens (tertiary/aromatic N) is 1. The van der Waals surface area contributed by atoms with Crippen molar-refractivity contribution in [3.8, 4) is 11.1 Å². The van der Waals surface area contributed by atoms with Crippen LogP contribution in [0.25, 0.3) is 11.1 Å². The van der Waals surface area contributed by atoms with Crippen LogP contribution in [-0.2, 0) is 6.42 Å². The van der Waals surface area contributed by atoms with Gasteiger partial charge in [0.2, 0.25) is 0 Å². The van der Waals surface area contributed by atoms with Crippen LogP contribution in [0, 0.1) is 0 Å². The average Bonchev–Trinajstić information content (AvgIpc) is 2.84. The molecular weight excluding hydrogens is 244 g/mol. The van der Waals surface area contributed by atoms with Crippen LogP contribution in [0.1, 0.15) is 29.7 Å². The van der Waals surface area contributed by atoms with E-state index in [-0.39, 0.29) is 0 Å². The molecule has 0 fully saturated rings. The first-order valence-electron chi connectivity index (χ1n) is 7.32. The molecule has 0 saturated heterocycles. The second-order valence-corrected chi connectivity index (χ2v) is 5.70. The highest BCUT2D eigenvalue weighted by Crippen LogP contribution is 2.37. The molecule has 2 heteroatoms. The molecule has 1 unspecified atom stereocenters. The molecule has 0 aromatic heterocycles. The first-order valence-corrected chi connectivity index (χ1v) is 7.32. The SMILES string of the molecule is CC(c1ccc2c(c1)Cc1ccccc1-2)N(C)CCN. The van der Waals surface area contributed by atoms with E-state index in [9.17, 15) is 0 Å². The summed E-state index contributed by atoms with van der Waals surface area (Å²) in [5.41, 5.74) is 12.7. The largest absolute Gasteiger partial charge is 0.329 e. The van der Waals surface area contributed by atoms with Gasteiger partial charge in [0.05, 0.1) is 0 Å². The molecule has 1 aliphatic carbocycles. The molecule has 1 aliphatic rings. The number of benzene rings is 2. The summed E-state index contributed by atoms with van der Waals surface area (Å²) in [5, 5.41) is 0. The maximum absolute atomic E-state index is 5.65. The Morgan fingerprint density at radius 1 is 1.10 bits per heavy atom. The number of rotatable bonds is 4. The van der Waals surface area contributed by atoms with Crippen molar-refractivity contribution in [3.63, 3.8) is 0 Å². The van der Waals surface area contributed by atoms with Gasteiger partial charge in [-0.15, -0.1) is 0 Å². The number of likely N-dealkylation sites (N-methyl/N-ethyl adjacent to an activating group) is 1. The van der Waals surface area contributed by atoms with E-state index < -0.39 is 0 Å². The van der Waals surface area contributed by atoms with Gasteiger partial charge < -0.3 is 5.73 Å². The Bertz CT molecular complexity index is 619. The van der Waals surface area contributed by atoms with Crippen LogP contribution in [-0.4, -0.2) is 25.0 Å². The highest BCUT2D eigenvalue weighted by atomic mass is 15.1. The minimum atomic E-state index is 0.410. The highest BCUT2D eigenvalue weighted by Gasteiger charge is 2.19. The molecule has 1 atom stereocenters. The second kappa shape index (κ2) is 5.39. The van der Waals surface area contributed by atoms with Crippen LogP contribution in [0.4, 0.5) is 0 Å². The van der Waals surface area contributed by atoms with Gasteiger partial charge in [-0.25, -0.2) is 0 Å². The predicted octanol–water partition coefficient (Wildman–Crippen LogP) is 3.21. The summed E-state index contributed by atoms with van der Waals surface area (Å²) in [7, 11) is 2.14. The van der Waals surface area contributed by atoms with Crippen LogP contribution in [0.3, 0.4) is 0 Å². The van der Waals surface area contributed by atoms with Gasteiger partial charge in [-0.3, -0.25) is 4.90 Å². The monoisotopic (exact) mass is 266 g/mol. The van der Waals surface area contributed by atoms with Crippen molar-refractivity contribution in [1.82, 2.24) is 4.90 Å². The van der Waals surface area contributed by atoms with Crippen molar-refractivity contribution in [1.29, 1.82) is 0 Å². The zero-order chi connectivity index (χ0) is 14.1. The zero-order valence-electron chi connectivity index (χ0n) is 12.3. The fourth-order valence-electron chi connectivity index (χ4n) is 3.08. The summed E-state index contributed by atoms with van der Waals surface area (Å²) in [6, 6.07) is 16.0. The molecule has 2 nitrogen and oxygen atoms in total. The fraction of sp³-hybridized carbons (Fsp3) is 0.333. The smallest absolute Gasteiger partial charge is 0.0317 e. The van der Waals surface area contributed by atoms with Gasteiger partial charge >= 0.3 is 0 Å². The molecule has 3 rings (SSSR count). The van der Waals surface area contributed by atoms with Crippen molar-refractivity contribution >= 4 is 0 Å². The Balaban J connectivity index is 1.91. The van der Waals surface area contributed by atoms with E-state index in [0.717, 1.165) is 13.0 Å². The lowest BCUT2D eigenvalue weighted by atomic mass is 9.99. The maximum atomic E-state index is 5.65. The molecule has 0 spiro atoms. The Kier molecular flexibility index (Phi) is 3.60. The van der Waals surface area contributed by atoms with Crippen molar-refractivity contribution in [2.75, 3.05) is 20.1 Å². The fourth-order valence-corrected chi connectivity index (χ4v) is 3.08. The molecule has 2 N–H and O–H groups in total. The third-order valence-electron chi connectivity index (χ3n) is 4.44. The van der Waals surface area contributed by atoms with Gasteiger partial charge in [-0.05, 0) is 48.2 Å². The van der Waals surface area contributed by atoms with Crippen LogP contribution >= 0.6 is 0 Å². The molecular formula is C18H22N2. The number of fused-ring (bicyclic) bond motifs is 3. The standard InChI is InChI=1S/C18H22N2/c1-13(20(2)10-9-19)14-7-8-18-16(11-14)12-15-5-3-4-6-17(15)18/h3-8,11,13H,9-10,12,19H2,1-2H3. The Labute approximate surface area is 121 Å². The Hall–Kier alpha value is -1.64. The van der Waals surface area contributed by atoms with E-state index in [1.54, 1.807) is 0 Å². The summed E-state index contributed by atoms with van der Waals surface area (Å²) >= 11 is 0.